The summed E-state index contributed by atoms with van der Waals surface area (Å²) >= 11 is 0. The average Bonchev–Trinajstić information content (AvgIpc) is 3.19. The van der Waals surface area contributed by atoms with Crippen LogP contribution in [-0.4, -0.2) is 51.9 Å². The molecule has 3 rings (SSSR count). The van der Waals surface area contributed by atoms with Gasteiger partial charge < -0.3 is 20.3 Å². The lowest BCUT2D eigenvalue weighted by Gasteiger charge is -2.31. The zero-order valence-electron chi connectivity index (χ0n) is 20.4. The monoisotopic (exact) mass is 469 g/mol. The molecule has 2 amide bonds. The number of nitrogens with one attached hydrogen (secondary N) is 2. The van der Waals surface area contributed by atoms with E-state index < -0.39 is 12.0 Å². The van der Waals surface area contributed by atoms with Crippen LogP contribution in [0.5, 0.6) is 0 Å². The van der Waals surface area contributed by atoms with Crippen LogP contribution in [0.2, 0.25) is 0 Å². The number of para-hydroxylation sites is 1. The molecule has 3 N–H and O–H groups in total. The van der Waals surface area contributed by atoms with E-state index in [0.717, 1.165) is 55.0 Å². The molecule has 7 heteroatoms. The highest BCUT2D eigenvalue weighted by Crippen LogP contribution is 2.24. The Bertz CT molecular complexity index is 946. The van der Waals surface area contributed by atoms with Gasteiger partial charge in [-0.3, -0.25) is 14.4 Å². The molecule has 1 aromatic carbocycles. The number of nitrogens with zero attached hydrogens (tertiary/aromatic N) is 1. The van der Waals surface area contributed by atoms with Crippen molar-refractivity contribution in [2.45, 2.75) is 83.6 Å². The fraction of sp³-hybridized carbons (Fsp3) is 0.593. The van der Waals surface area contributed by atoms with Gasteiger partial charge in [-0.25, -0.2) is 0 Å². The van der Waals surface area contributed by atoms with Crippen LogP contribution in [0.3, 0.4) is 0 Å². The van der Waals surface area contributed by atoms with Gasteiger partial charge in [0.2, 0.25) is 11.8 Å². The quantitative estimate of drug-likeness (QED) is 0.445. The molecular formula is C27H39N3O4. The summed E-state index contributed by atoms with van der Waals surface area (Å²) in [6, 6.07) is 7.10. The highest BCUT2D eigenvalue weighted by molar-refractivity contribution is 5.92. The lowest BCUT2D eigenvalue weighted by atomic mass is 9.90. The number of amides is 2. The van der Waals surface area contributed by atoms with E-state index in [9.17, 15) is 19.5 Å². The summed E-state index contributed by atoms with van der Waals surface area (Å²) in [4.78, 5) is 42.7. The number of unbranched alkanes of at least 4 members (excludes halogenated alkanes) is 1. The van der Waals surface area contributed by atoms with Gasteiger partial charge in [-0.1, -0.05) is 70.1 Å². The second-order valence-corrected chi connectivity index (χ2v) is 9.62. The van der Waals surface area contributed by atoms with Crippen LogP contribution in [0.1, 0.15) is 76.7 Å². The van der Waals surface area contributed by atoms with Gasteiger partial charge in [0.1, 0.15) is 12.6 Å². The van der Waals surface area contributed by atoms with E-state index in [4.69, 9.17) is 0 Å². The highest BCUT2D eigenvalue weighted by atomic mass is 16.4. The lowest BCUT2D eigenvalue weighted by molar-refractivity contribution is -0.146. The van der Waals surface area contributed by atoms with Crippen molar-refractivity contribution >= 4 is 28.7 Å². The number of benzene rings is 1. The van der Waals surface area contributed by atoms with E-state index in [2.05, 4.69) is 10.3 Å². The van der Waals surface area contributed by atoms with Gasteiger partial charge in [0.25, 0.3) is 0 Å². The number of carbonyl (C=O) groups is 3. The average molecular weight is 470 g/mol. The Balaban J connectivity index is 1.69. The largest absolute Gasteiger partial charge is 0.480 e. The van der Waals surface area contributed by atoms with E-state index in [0.29, 0.717) is 18.9 Å². The molecule has 0 unspecified atom stereocenters. The van der Waals surface area contributed by atoms with Crippen LogP contribution in [0.4, 0.5) is 0 Å². The minimum Gasteiger partial charge on any atom is -0.480 e. The lowest BCUT2D eigenvalue weighted by Crippen LogP contribution is -2.51. The molecule has 1 saturated carbocycles. The molecule has 34 heavy (non-hydrogen) atoms. The number of aliphatic carboxylic acids is 1. The molecule has 1 aliphatic rings. The van der Waals surface area contributed by atoms with Crippen molar-refractivity contribution < 1.29 is 19.5 Å². The first-order valence-electron chi connectivity index (χ1n) is 12.8. The van der Waals surface area contributed by atoms with Crippen LogP contribution >= 0.6 is 0 Å². The number of carboxylic acids is 1. The number of carbonyl (C=O) groups excluding carboxylic acids is 2. The van der Waals surface area contributed by atoms with Gasteiger partial charge in [-0.05, 0) is 36.8 Å². The molecule has 2 aromatic rings. The number of aromatic amines is 1. The van der Waals surface area contributed by atoms with Crippen molar-refractivity contribution in [2.75, 3.05) is 13.1 Å². The second-order valence-electron chi connectivity index (χ2n) is 9.62. The fourth-order valence-electron chi connectivity index (χ4n) is 5.01. The zero-order valence-corrected chi connectivity index (χ0v) is 20.4. The van der Waals surface area contributed by atoms with Crippen molar-refractivity contribution in [3.63, 3.8) is 0 Å². The number of hydrogen-bond acceptors (Lipinski definition) is 3. The smallest absolute Gasteiger partial charge is 0.323 e. The summed E-state index contributed by atoms with van der Waals surface area (Å²) in [5.74, 6) is -1.19. The number of H-pyrrole nitrogens is 1. The van der Waals surface area contributed by atoms with E-state index in [-0.39, 0.29) is 24.8 Å². The van der Waals surface area contributed by atoms with Gasteiger partial charge in [0.15, 0.2) is 0 Å². The van der Waals surface area contributed by atoms with Crippen LogP contribution in [0.15, 0.2) is 30.5 Å². The standard InChI is InChI=1S/C27H39N3O4/c1-2-3-14-24(29-25(31)16-21-17-28-23-15-10-9-13-22(21)23)27(34)30(19-26(32)33)18-20-11-7-5-4-6-8-12-20/h9-10,13,15,17,20,24,28H,2-8,11-12,14,16,18-19H2,1H3,(H,29,31)(H,32,33)/t24-/m0/s1. The molecule has 0 radical (unpaired) electrons. The molecule has 1 aromatic heterocycles. The number of aromatic nitrogens is 1. The molecule has 0 bridgehead atoms. The number of carboxylic acid groups (broad SMARTS) is 1. The van der Waals surface area contributed by atoms with E-state index in [1.807, 2.05) is 37.4 Å². The Hall–Kier alpha value is -2.83. The number of rotatable bonds is 11. The first kappa shape index (κ1) is 25.8. The molecule has 0 spiro atoms. The Morgan fingerprint density at radius 1 is 1.12 bits per heavy atom. The first-order chi connectivity index (χ1) is 16.5. The number of fused-ring (bicyclic) bond motifs is 1. The second kappa shape index (κ2) is 13.2. The van der Waals surface area contributed by atoms with Crippen LogP contribution in [-0.2, 0) is 20.8 Å². The third-order valence-corrected chi connectivity index (χ3v) is 6.85. The van der Waals surface area contributed by atoms with Crippen molar-refractivity contribution in [2.24, 2.45) is 5.92 Å². The maximum atomic E-state index is 13.5. The molecule has 7 nitrogen and oxygen atoms in total. The predicted octanol–water partition coefficient (Wildman–Crippen LogP) is 4.66. The molecule has 0 aliphatic heterocycles. The predicted molar refractivity (Wildman–Crippen MR) is 133 cm³/mol. The van der Waals surface area contributed by atoms with Crippen LogP contribution in [0, 0.1) is 5.92 Å². The first-order valence-corrected chi connectivity index (χ1v) is 12.8. The van der Waals surface area contributed by atoms with Gasteiger partial charge in [0.05, 0.1) is 6.42 Å². The van der Waals surface area contributed by atoms with Crippen molar-refractivity contribution in [1.29, 1.82) is 0 Å². The molecular weight excluding hydrogens is 430 g/mol. The molecule has 1 heterocycles. The molecule has 186 valence electrons. The minimum atomic E-state index is -1.02. The highest BCUT2D eigenvalue weighted by Gasteiger charge is 2.29. The summed E-state index contributed by atoms with van der Waals surface area (Å²) in [6.07, 6.45) is 12.1. The topological polar surface area (TPSA) is 103 Å². The van der Waals surface area contributed by atoms with Gasteiger partial charge >= 0.3 is 5.97 Å². The maximum Gasteiger partial charge on any atom is 0.323 e. The van der Waals surface area contributed by atoms with Crippen molar-refractivity contribution in [3.8, 4) is 0 Å². The Morgan fingerprint density at radius 3 is 2.53 bits per heavy atom. The third kappa shape index (κ3) is 7.61. The molecule has 1 aliphatic carbocycles. The fourth-order valence-corrected chi connectivity index (χ4v) is 5.01. The summed E-state index contributed by atoms with van der Waals surface area (Å²) < 4.78 is 0. The summed E-state index contributed by atoms with van der Waals surface area (Å²) in [7, 11) is 0. The summed E-state index contributed by atoms with van der Waals surface area (Å²) in [5.41, 5.74) is 1.85. The van der Waals surface area contributed by atoms with Crippen LogP contribution in [0.25, 0.3) is 10.9 Å². The maximum absolute atomic E-state index is 13.5. The van der Waals surface area contributed by atoms with Gasteiger partial charge in [-0.2, -0.15) is 0 Å². The zero-order chi connectivity index (χ0) is 24.3. The van der Waals surface area contributed by atoms with Crippen molar-refractivity contribution in [3.05, 3.63) is 36.0 Å². The van der Waals surface area contributed by atoms with E-state index in [1.54, 1.807) is 0 Å². The Morgan fingerprint density at radius 2 is 1.82 bits per heavy atom. The summed E-state index contributed by atoms with van der Waals surface area (Å²) in [6.45, 7) is 2.17. The van der Waals surface area contributed by atoms with E-state index in [1.165, 1.54) is 24.2 Å². The molecule has 1 fully saturated rings. The van der Waals surface area contributed by atoms with Gasteiger partial charge in [0, 0.05) is 23.6 Å². The normalized spacial score (nSPS) is 15.9. The van der Waals surface area contributed by atoms with Gasteiger partial charge in [-0.15, -0.1) is 0 Å². The molecule has 0 saturated heterocycles. The molecule has 1 atom stereocenters. The van der Waals surface area contributed by atoms with Crippen LogP contribution < -0.4 is 5.32 Å². The van der Waals surface area contributed by atoms with E-state index >= 15 is 0 Å². The third-order valence-electron chi connectivity index (χ3n) is 6.85. The number of hydrogen-bond donors (Lipinski definition) is 3. The Labute approximate surface area is 202 Å². The SMILES string of the molecule is CCCC[C@H](NC(=O)Cc1c[nH]c2ccccc12)C(=O)N(CC(=O)O)CC1CCCCCCC1. The summed E-state index contributed by atoms with van der Waals surface area (Å²) in [5, 5.41) is 13.4. The van der Waals surface area contributed by atoms with Crippen molar-refractivity contribution in [1.82, 2.24) is 15.2 Å². The Kier molecular flexibility index (Phi) is 9.98. The minimum absolute atomic E-state index is 0.168.